The van der Waals surface area contributed by atoms with Gasteiger partial charge in [-0.15, -0.1) is 11.3 Å². The number of alkyl halides is 6. The largest absolute Gasteiger partial charge is 0.493 e. The summed E-state index contributed by atoms with van der Waals surface area (Å²) in [5.74, 6) is -2.44. The second-order valence-electron chi connectivity index (χ2n) is 13.5. The molecule has 2 unspecified atom stereocenters. The van der Waals surface area contributed by atoms with Gasteiger partial charge in [0.25, 0.3) is 11.8 Å². The summed E-state index contributed by atoms with van der Waals surface area (Å²) in [6.45, 7) is 1.62. The van der Waals surface area contributed by atoms with Crippen molar-refractivity contribution in [1.29, 1.82) is 0 Å². The van der Waals surface area contributed by atoms with Crippen LogP contribution in [-0.4, -0.2) is 87.3 Å². The molecule has 2 N–H and O–H groups in total. The summed E-state index contributed by atoms with van der Waals surface area (Å²) in [4.78, 5) is 45.4. The fraction of sp³-hybridized carbons (Fsp3) is 0.514. The van der Waals surface area contributed by atoms with E-state index < -0.39 is 63.2 Å². The minimum atomic E-state index is -4.90. The quantitative estimate of drug-likeness (QED) is 0.138. The molecule has 3 aromatic rings. The van der Waals surface area contributed by atoms with Crippen molar-refractivity contribution < 1.29 is 60.4 Å². The zero-order valence-electron chi connectivity index (χ0n) is 29.4. The number of halogens is 6. The summed E-state index contributed by atoms with van der Waals surface area (Å²) in [6.07, 6.45) is -6.77. The van der Waals surface area contributed by atoms with Crippen molar-refractivity contribution in [3.05, 3.63) is 75.7 Å². The molecule has 2 aromatic heterocycles. The van der Waals surface area contributed by atoms with Gasteiger partial charge in [-0.2, -0.15) is 26.3 Å². The first-order valence-corrected chi connectivity index (χ1v) is 18.5. The number of piperidine rings is 2. The second-order valence-corrected chi connectivity index (χ2v) is 14.4. The maximum absolute atomic E-state index is 14.9. The van der Waals surface area contributed by atoms with E-state index in [9.17, 15) is 45.8 Å². The molecule has 2 saturated heterocycles. The number of carboxylic acids is 1. The lowest BCUT2D eigenvalue weighted by Gasteiger charge is -2.51. The maximum Gasteiger partial charge on any atom is 0.425 e. The van der Waals surface area contributed by atoms with Gasteiger partial charge < -0.3 is 29.5 Å². The molecule has 2 aliphatic heterocycles. The molecule has 17 heteroatoms. The number of carboxylic acid groups (broad SMARTS) is 1. The topological polar surface area (TPSA) is 130 Å². The van der Waals surface area contributed by atoms with E-state index in [0.29, 0.717) is 35.1 Å². The predicted molar refractivity (Wildman–Crippen MR) is 184 cm³/mol. The minimum Gasteiger partial charge on any atom is -0.493 e. The molecule has 0 aliphatic carbocycles. The molecule has 54 heavy (non-hydrogen) atoms. The Morgan fingerprint density at radius 2 is 1.74 bits per heavy atom. The first kappa shape index (κ1) is 40.8. The van der Waals surface area contributed by atoms with E-state index in [1.54, 1.807) is 31.2 Å². The predicted octanol–water partition coefficient (Wildman–Crippen LogP) is 7.20. The highest BCUT2D eigenvalue weighted by Crippen LogP contribution is 2.45. The number of aliphatic hydroxyl groups is 1. The maximum atomic E-state index is 14.9. The van der Waals surface area contributed by atoms with E-state index in [1.807, 2.05) is 0 Å². The lowest BCUT2D eigenvalue weighted by Crippen LogP contribution is -2.68. The van der Waals surface area contributed by atoms with Crippen molar-refractivity contribution in [2.75, 3.05) is 32.8 Å². The number of carbonyl (C=O) groups is 3. The van der Waals surface area contributed by atoms with Crippen LogP contribution in [0.25, 0.3) is 0 Å². The van der Waals surface area contributed by atoms with Crippen LogP contribution in [0.3, 0.4) is 0 Å². The fourth-order valence-corrected chi connectivity index (χ4v) is 8.13. The number of likely N-dealkylation sites (tertiary alicyclic amines) is 2. The van der Waals surface area contributed by atoms with Gasteiger partial charge in [-0.05, 0) is 44.2 Å². The molecular formula is C37H41F6N3O7S. The molecule has 2 fully saturated rings. The Morgan fingerprint density at radius 1 is 1.02 bits per heavy atom. The van der Waals surface area contributed by atoms with Gasteiger partial charge in [0.1, 0.15) is 16.4 Å². The zero-order chi connectivity index (χ0) is 39.3. The number of aliphatic carboxylic acids is 1. The molecule has 0 saturated carbocycles. The summed E-state index contributed by atoms with van der Waals surface area (Å²) in [5.41, 5.74) is -4.13. The Bertz CT molecular complexity index is 1790. The van der Waals surface area contributed by atoms with Crippen LogP contribution < -0.4 is 9.47 Å². The van der Waals surface area contributed by atoms with E-state index >= 15 is 0 Å². The Hall–Kier alpha value is -4.38. The van der Waals surface area contributed by atoms with Crippen LogP contribution in [0.15, 0.2) is 54.2 Å². The average Bonchev–Trinajstić information content (AvgIpc) is 3.63. The molecule has 4 heterocycles. The number of thiophene rings is 1. The zero-order valence-corrected chi connectivity index (χ0v) is 30.2. The third-order valence-corrected chi connectivity index (χ3v) is 11.1. The minimum absolute atomic E-state index is 0.0364. The summed E-state index contributed by atoms with van der Waals surface area (Å²) >= 11 is 0.367. The molecule has 1 aromatic carbocycles. The number of aromatic nitrogens is 1. The summed E-state index contributed by atoms with van der Waals surface area (Å²) in [6, 6.07) is 7.29. The number of hydrogen-bond donors (Lipinski definition) is 2. The van der Waals surface area contributed by atoms with Crippen LogP contribution >= 0.6 is 11.3 Å². The average molecular weight is 786 g/mol. The van der Waals surface area contributed by atoms with Gasteiger partial charge in [0.2, 0.25) is 5.60 Å². The number of nitrogens with zero attached hydrogens (tertiary/aromatic N) is 3. The van der Waals surface area contributed by atoms with Crippen LogP contribution in [-0.2, 0) is 27.4 Å². The Balaban J connectivity index is 1.49. The Labute approximate surface area is 311 Å². The number of aliphatic hydroxyl groups excluding tert-OH is 1. The molecule has 5 rings (SSSR count). The van der Waals surface area contributed by atoms with E-state index in [-0.39, 0.29) is 83.5 Å². The van der Waals surface area contributed by atoms with Crippen LogP contribution in [0.1, 0.15) is 84.7 Å². The molecule has 0 bridgehead atoms. The molecule has 2 amide bonds. The van der Waals surface area contributed by atoms with E-state index in [2.05, 4.69) is 4.98 Å². The number of ether oxygens (including phenoxy) is 2. The highest BCUT2D eigenvalue weighted by Gasteiger charge is 2.56. The molecule has 294 valence electrons. The van der Waals surface area contributed by atoms with E-state index in [0.717, 1.165) is 28.7 Å². The van der Waals surface area contributed by atoms with Gasteiger partial charge in [-0.25, -0.2) is 0 Å². The molecule has 2 atom stereocenters. The van der Waals surface area contributed by atoms with Gasteiger partial charge in [-0.3, -0.25) is 19.4 Å². The van der Waals surface area contributed by atoms with Crippen LogP contribution in [0.5, 0.6) is 11.5 Å². The first-order valence-electron chi connectivity index (χ1n) is 17.6. The molecule has 2 aliphatic rings. The summed E-state index contributed by atoms with van der Waals surface area (Å²) in [7, 11) is 0. The summed E-state index contributed by atoms with van der Waals surface area (Å²) < 4.78 is 95.5. The second kappa shape index (κ2) is 16.6. The highest BCUT2D eigenvalue weighted by molar-refractivity contribution is 7.10. The van der Waals surface area contributed by atoms with Gasteiger partial charge in [-0.1, -0.05) is 31.5 Å². The van der Waals surface area contributed by atoms with Crippen molar-refractivity contribution >= 4 is 29.1 Å². The SMILES string of the molecule is CCCC1N(C(=O)c2cnccc2C(F)(F)F)CCCC1(Oc1csc(C(F)(F)F)c1)C(=O)N1CCC(CO)(c2ccccc2OCCCC(=O)O)CC1. The van der Waals surface area contributed by atoms with Gasteiger partial charge >= 0.3 is 18.3 Å². The first-order chi connectivity index (χ1) is 25.6. The van der Waals surface area contributed by atoms with E-state index in [4.69, 9.17) is 14.6 Å². The lowest BCUT2D eigenvalue weighted by molar-refractivity contribution is -0.161. The normalized spacial score (nSPS) is 20.4. The summed E-state index contributed by atoms with van der Waals surface area (Å²) in [5, 5.41) is 20.9. The van der Waals surface area contributed by atoms with Gasteiger partial charge in [0, 0.05) is 67.3 Å². The number of hydrogen-bond acceptors (Lipinski definition) is 8. The number of para-hydroxylation sites is 1. The lowest BCUT2D eigenvalue weighted by atomic mass is 9.72. The van der Waals surface area contributed by atoms with Crippen molar-refractivity contribution in [2.45, 2.75) is 87.7 Å². The third-order valence-electron chi connectivity index (χ3n) is 10.1. The Morgan fingerprint density at radius 3 is 2.37 bits per heavy atom. The molecule has 0 radical (unpaired) electrons. The van der Waals surface area contributed by atoms with Crippen molar-refractivity contribution in [3.63, 3.8) is 0 Å². The van der Waals surface area contributed by atoms with Gasteiger partial charge in [0.05, 0.1) is 30.4 Å². The fourth-order valence-electron chi connectivity index (χ4n) is 7.46. The van der Waals surface area contributed by atoms with E-state index in [1.165, 1.54) is 4.90 Å². The molecule has 0 spiro atoms. The van der Waals surface area contributed by atoms with Crippen molar-refractivity contribution in [1.82, 2.24) is 14.8 Å². The van der Waals surface area contributed by atoms with Gasteiger partial charge in [0.15, 0.2) is 0 Å². The number of pyridine rings is 1. The number of benzene rings is 1. The molecular weight excluding hydrogens is 744 g/mol. The number of rotatable bonds is 13. The molecule has 10 nitrogen and oxygen atoms in total. The Kier molecular flexibility index (Phi) is 12.5. The third kappa shape index (κ3) is 8.61. The van der Waals surface area contributed by atoms with Crippen LogP contribution in [0.4, 0.5) is 26.3 Å². The monoisotopic (exact) mass is 785 g/mol. The van der Waals surface area contributed by atoms with Crippen LogP contribution in [0, 0.1) is 0 Å². The van der Waals surface area contributed by atoms with Crippen molar-refractivity contribution in [3.8, 4) is 11.5 Å². The number of amides is 2. The standard InChI is InChI=1S/C37H41F6N3O7S/c1-2-7-29-35(53-24-20-30(54-22-24)37(41,42)43,12-6-16-46(29)32(50)25-21-44-15-11-26(25)36(38,39)40)33(51)45-17-13-34(23-47,14-18-45)27-8-3-4-9-28(27)52-19-5-10-31(48)49/h3-4,8-9,11,15,20-22,29,47H,2,5-7,10,12-14,16-19,23H2,1H3,(H,48,49). The van der Waals surface area contributed by atoms with Crippen LogP contribution in [0.2, 0.25) is 0 Å². The highest BCUT2D eigenvalue weighted by atomic mass is 32.1. The number of carbonyl (C=O) groups excluding carboxylic acids is 2. The van der Waals surface area contributed by atoms with Crippen molar-refractivity contribution in [2.24, 2.45) is 0 Å². The smallest absolute Gasteiger partial charge is 0.425 e.